The predicted octanol–water partition coefficient (Wildman–Crippen LogP) is 3.18. The van der Waals surface area contributed by atoms with Crippen molar-refractivity contribution < 1.29 is 0 Å². The molecule has 110 valence electrons. The number of hydrogen-bond donors (Lipinski definition) is 1. The second-order valence-corrected chi connectivity index (χ2v) is 6.08. The van der Waals surface area contributed by atoms with Gasteiger partial charge < -0.3 is 10.2 Å². The third kappa shape index (κ3) is 3.09. The van der Waals surface area contributed by atoms with Crippen molar-refractivity contribution in [1.82, 2.24) is 4.90 Å². The van der Waals surface area contributed by atoms with Gasteiger partial charge >= 0.3 is 0 Å². The lowest BCUT2D eigenvalue weighted by molar-refractivity contribution is 0.326. The molecule has 1 saturated carbocycles. The van der Waals surface area contributed by atoms with E-state index in [1.807, 2.05) is 0 Å². The minimum atomic E-state index is 0.634. The van der Waals surface area contributed by atoms with Gasteiger partial charge in [0.15, 0.2) is 0 Å². The summed E-state index contributed by atoms with van der Waals surface area (Å²) in [5.74, 6) is 0. The lowest BCUT2D eigenvalue weighted by atomic mass is 10.2. The molecule has 1 aromatic rings. The van der Waals surface area contributed by atoms with Crippen molar-refractivity contribution in [2.24, 2.45) is 0 Å². The Bertz CT molecular complexity index is 420. The van der Waals surface area contributed by atoms with Gasteiger partial charge in [0.05, 0.1) is 0 Å². The summed E-state index contributed by atoms with van der Waals surface area (Å²) in [4.78, 5) is 5.04. The zero-order valence-electron chi connectivity index (χ0n) is 12.8. The van der Waals surface area contributed by atoms with Crippen molar-refractivity contribution >= 4 is 11.4 Å². The molecule has 2 aliphatic rings. The monoisotopic (exact) mass is 273 g/mol. The SMILES string of the molecule is CCN(CC)c1ccc(NC2CCN(C3CC3)C2)cc1. The molecular formula is C17H27N3. The summed E-state index contributed by atoms with van der Waals surface area (Å²) in [6.45, 7) is 9.06. The molecule has 1 saturated heterocycles. The maximum absolute atomic E-state index is 3.70. The molecule has 1 aliphatic carbocycles. The van der Waals surface area contributed by atoms with Crippen molar-refractivity contribution in [3.8, 4) is 0 Å². The fraction of sp³-hybridized carbons (Fsp3) is 0.647. The van der Waals surface area contributed by atoms with Crippen molar-refractivity contribution in [3.63, 3.8) is 0 Å². The summed E-state index contributed by atoms with van der Waals surface area (Å²) in [5.41, 5.74) is 2.59. The van der Waals surface area contributed by atoms with Crippen LogP contribution in [0.25, 0.3) is 0 Å². The second-order valence-electron chi connectivity index (χ2n) is 6.08. The van der Waals surface area contributed by atoms with Crippen LogP contribution in [0.15, 0.2) is 24.3 Å². The van der Waals surface area contributed by atoms with Gasteiger partial charge in [-0.05, 0) is 57.4 Å². The lowest BCUT2D eigenvalue weighted by Gasteiger charge is -2.22. The van der Waals surface area contributed by atoms with E-state index in [1.54, 1.807) is 0 Å². The average Bonchev–Trinajstić information content (AvgIpc) is 3.23. The molecule has 20 heavy (non-hydrogen) atoms. The first kappa shape index (κ1) is 13.7. The van der Waals surface area contributed by atoms with Crippen molar-refractivity contribution in [1.29, 1.82) is 0 Å². The number of nitrogens with one attached hydrogen (secondary N) is 1. The van der Waals surface area contributed by atoms with E-state index in [-0.39, 0.29) is 0 Å². The number of anilines is 2. The molecule has 0 aromatic heterocycles. The normalized spacial score (nSPS) is 23.0. The summed E-state index contributed by atoms with van der Waals surface area (Å²) in [5, 5.41) is 3.70. The minimum absolute atomic E-state index is 0.634. The van der Waals surface area contributed by atoms with Crippen LogP contribution >= 0.6 is 0 Å². The largest absolute Gasteiger partial charge is 0.381 e. The van der Waals surface area contributed by atoms with Gasteiger partial charge in [-0.2, -0.15) is 0 Å². The Kier molecular flexibility index (Phi) is 4.16. The summed E-state index contributed by atoms with van der Waals surface area (Å²) in [6, 6.07) is 10.5. The van der Waals surface area contributed by atoms with Crippen LogP contribution in [-0.4, -0.2) is 43.2 Å². The maximum Gasteiger partial charge on any atom is 0.0400 e. The Morgan fingerprint density at radius 3 is 2.40 bits per heavy atom. The van der Waals surface area contributed by atoms with E-state index >= 15 is 0 Å². The van der Waals surface area contributed by atoms with Crippen molar-refractivity contribution in [2.75, 3.05) is 36.4 Å². The number of hydrogen-bond acceptors (Lipinski definition) is 3. The van der Waals surface area contributed by atoms with Gasteiger partial charge in [-0.25, -0.2) is 0 Å². The van der Waals surface area contributed by atoms with E-state index in [0.717, 1.165) is 19.1 Å². The molecule has 1 heterocycles. The van der Waals surface area contributed by atoms with Crippen LogP contribution < -0.4 is 10.2 Å². The van der Waals surface area contributed by atoms with E-state index in [0.29, 0.717) is 6.04 Å². The Morgan fingerprint density at radius 2 is 1.80 bits per heavy atom. The highest BCUT2D eigenvalue weighted by Crippen LogP contribution is 2.30. The Labute approximate surface area is 123 Å². The molecule has 3 heteroatoms. The Balaban J connectivity index is 1.55. The van der Waals surface area contributed by atoms with Crippen molar-refractivity contribution in [2.45, 2.75) is 45.2 Å². The first-order valence-electron chi connectivity index (χ1n) is 8.15. The molecule has 0 radical (unpaired) electrons. The molecule has 1 atom stereocenters. The topological polar surface area (TPSA) is 18.5 Å². The van der Waals surface area contributed by atoms with Gasteiger partial charge in [-0.3, -0.25) is 4.90 Å². The Morgan fingerprint density at radius 1 is 1.10 bits per heavy atom. The standard InChI is InChI=1S/C17H27N3/c1-3-19(4-2)16-7-5-14(6-8-16)18-15-11-12-20(13-15)17-9-10-17/h5-8,15,17-18H,3-4,9-13H2,1-2H3. The first-order valence-corrected chi connectivity index (χ1v) is 8.15. The number of likely N-dealkylation sites (tertiary alicyclic amines) is 1. The van der Waals surface area contributed by atoms with Gasteiger partial charge in [-0.15, -0.1) is 0 Å². The summed E-state index contributed by atoms with van der Waals surface area (Å²) < 4.78 is 0. The highest BCUT2D eigenvalue weighted by atomic mass is 15.2. The number of benzene rings is 1. The summed E-state index contributed by atoms with van der Waals surface area (Å²) >= 11 is 0. The molecule has 1 unspecified atom stereocenters. The average molecular weight is 273 g/mol. The van der Waals surface area contributed by atoms with Crippen LogP contribution in [0.2, 0.25) is 0 Å². The number of nitrogens with zero attached hydrogens (tertiary/aromatic N) is 2. The molecule has 1 N–H and O–H groups in total. The molecule has 1 aromatic carbocycles. The minimum Gasteiger partial charge on any atom is -0.381 e. The molecular weight excluding hydrogens is 246 g/mol. The van der Waals surface area contributed by atoms with Crippen molar-refractivity contribution in [3.05, 3.63) is 24.3 Å². The van der Waals surface area contributed by atoms with Crippen LogP contribution in [0, 0.1) is 0 Å². The second kappa shape index (κ2) is 6.04. The fourth-order valence-electron chi connectivity index (χ4n) is 3.27. The van der Waals surface area contributed by atoms with Gasteiger partial charge in [0.1, 0.15) is 0 Å². The van der Waals surface area contributed by atoms with E-state index in [1.165, 1.54) is 43.7 Å². The smallest absolute Gasteiger partial charge is 0.0400 e. The Hall–Kier alpha value is -1.22. The highest BCUT2D eigenvalue weighted by molar-refractivity contribution is 5.55. The van der Waals surface area contributed by atoms with Gasteiger partial charge in [-0.1, -0.05) is 0 Å². The van der Waals surface area contributed by atoms with E-state index < -0.39 is 0 Å². The van der Waals surface area contributed by atoms with Crippen LogP contribution in [0.4, 0.5) is 11.4 Å². The molecule has 3 nitrogen and oxygen atoms in total. The zero-order valence-corrected chi connectivity index (χ0v) is 12.8. The number of rotatable bonds is 6. The molecule has 0 amide bonds. The van der Waals surface area contributed by atoms with Crippen LogP contribution in [0.3, 0.4) is 0 Å². The fourth-order valence-corrected chi connectivity index (χ4v) is 3.27. The third-order valence-corrected chi connectivity index (χ3v) is 4.65. The molecule has 3 rings (SSSR count). The quantitative estimate of drug-likeness (QED) is 0.859. The third-order valence-electron chi connectivity index (χ3n) is 4.65. The van der Waals surface area contributed by atoms with E-state index in [4.69, 9.17) is 0 Å². The van der Waals surface area contributed by atoms with Gasteiger partial charge in [0.25, 0.3) is 0 Å². The highest BCUT2D eigenvalue weighted by Gasteiger charge is 2.34. The van der Waals surface area contributed by atoms with Gasteiger partial charge in [0.2, 0.25) is 0 Å². The molecule has 0 bridgehead atoms. The van der Waals surface area contributed by atoms with E-state index in [9.17, 15) is 0 Å². The predicted molar refractivity (Wildman–Crippen MR) is 86.6 cm³/mol. The van der Waals surface area contributed by atoms with Crippen LogP contribution in [-0.2, 0) is 0 Å². The zero-order chi connectivity index (χ0) is 13.9. The first-order chi connectivity index (χ1) is 9.80. The molecule has 2 fully saturated rings. The molecule has 1 aliphatic heterocycles. The summed E-state index contributed by atoms with van der Waals surface area (Å²) in [7, 11) is 0. The lowest BCUT2D eigenvalue weighted by Crippen LogP contribution is -2.27. The molecule has 0 spiro atoms. The van der Waals surface area contributed by atoms with Crippen LogP contribution in [0.1, 0.15) is 33.1 Å². The van der Waals surface area contributed by atoms with Crippen LogP contribution in [0.5, 0.6) is 0 Å². The van der Waals surface area contributed by atoms with E-state index in [2.05, 4.69) is 53.2 Å². The summed E-state index contributed by atoms with van der Waals surface area (Å²) in [6.07, 6.45) is 4.13. The van der Waals surface area contributed by atoms with Gasteiger partial charge in [0, 0.05) is 49.6 Å². The maximum atomic E-state index is 3.70.